The molecule has 8 heteroatoms. The van der Waals surface area contributed by atoms with E-state index >= 15 is 0 Å². The van der Waals surface area contributed by atoms with Gasteiger partial charge in [0.05, 0.1) is 17.5 Å². The summed E-state index contributed by atoms with van der Waals surface area (Å²) in [6.07, 6.45) is 0. The fraction of sp³-hybridized carbons (Fsp3) is 0.278. The molecule has 0 aromatic heterocycles. The Balaban J connectivity index is 1.90. The van der Waals surface area contributed by atoms with Gasteiger partial charge < -0.3 is 5.32 Å². The fourth-order valence-corrected chi connectivity index (χ4v) is 3.08. The summed E-state index contributed by atoms with van der Waals surface area (Å²) in [7, 11) is -1.96. The largest absolute Gasteiger partial charge is 0.348 e. The number of hydrogen-bond acceptors (Lipinski definition) is 4. The summed E-state index contributed by atoms with van der Waals surface area (Å²) in [4.78, 5) is 14.0. The number of halogens is 1. The van der Waals surface area contributed by atoms with Gasteiger partial charge in [-0.05, 0) is 49.4 Å². The number of sulfonamides is 1. The summed E-state index contributed by atoms with van der Waals surface area (Å²) in [6.45, 7) is 2.40. The zero-order valence-electron chi connectivity index (χ0n) is 14.6. The molecule has 0 radical (unpaired) electrons. The fourth-order valence-electron chi connectivity index (χ4n) is 2.56. The molecule has 0 heterocycles. The molecule has 1 atom stereocenters. The first-order valence-corrected chi connectivity index (χ1v) is 9.55. The number of hydrogen-bond donors (Lipinski definition) is 2. The summed E-state index contributed by atoms with van der Waals surface area (Å²) in [6, 6.07) is 12.0. The van der Waals surface area contributed by atoms with Crippen LogP contribution in [0.25, 0.3) is 0 Å². The lowest BCUT2D eigenvalue weighted by atomic mass is 10.1. The molecule has 0 unspecified atom stereocenters. The Kier molecular flexibility index (Phi) is 6.47. The normalized spacial score (nSPS) is 12.8. The molecule has 0 bridgehead atoms. The van der Waals surface area contributed by atoms with Crippen molar-refractivity contribution in [2.24, 2.45) is 5.14 Å². The van der Waals surface area contributed by atoms with Crippen molar-refractivity contribution in [3.8, 4) is 0 Å². The van der Waals surface area contributed by atoms with Crippen LogP contribution in [0, 0.1) is 5.82 Å². The topological polar surface area (TPSA) is 92.5 Å². The lowest BCUT2D eigenvalue weighted by Gasteiger charge is -2.19. The Morgan fingerprint density at radius 2 is 1.88 bits per heavy atom. The zero-order chi connectivity index (χ0) is 19.3. The number of nitrogens with two attached hydrogens (primary N) is 1. The van der Waals surface area contributed by atoms with E-state index in [1.165, 1.54) is 24.3 Å². The van der Waals surface area contributed by atoms with E-state index < -0.39 is 10.0 Å². The van der Waals surface area contributed by atoms with Crippen LogP contribution in [0.3, 0.4) is 0 Å². The van der Waals surface area contributed by atoms with E-state index in [1.54, 1.807) is 43.1 Å². The SMILES string of the molecule is C[C@@H](NC(=O)CN(C)Cc1cccc(F)c1)c1ccc(S(N)(=O)=O)cc1. The second kappa shape index (κ2) is 8.39. The third-order valence-electron chi connectivity index (χ3n) is 3.84. The molecule has 0 fully saturated rings. The molecule has 0 saturated carbocycles. The highest BCUT2D eigenvalue weighted by Gasteiger charge is 2.13. The number of rotatable bonds is 7. The summed E-state index contributed by atoms with van der Waals surface area (Å²) in [5, 5.41) is 7.91. The summed E-state index contributed by atoms with van der Waals surface area (Å²) in [5.74, 6) is -0.496. The highest BCUT2D eigenvalue weighted by atomic mass is 32.2. The van der Waals surface area contributed by atoms with E-state index in [2.05, 4.69) is 5.32 Å². The monoisotopic (exact) mass is 379 g/mol. The molecule has 0 aliphatic carbocycles. The van der Waals surface area contributed by atoms with Crippen molar-refractivity contribution < 1.29 is 17.6 Å². The molecule has 2 aromatic carbocycles. The van der Waals surface area contributed by atoms with Gasteiger partial charge in [0.2, 0.25) is 15.9 Å². The molecule has 0 aliphatic heterocycles. The van der Waals surface area contributed by atoms with Gasteiger partial charge >= 0.3 is 0 Å². The molecule has 2 rings (SSSR count). The van der Waals surface area contributed by atoms with Gasteiger partial charge in [-0.1, -0.05) is 24.3 Å². The summed E-state index contributed by atoms with van der Waals surface area (Å²) in [5.41, 5.74) is 1.55. The van der Waals surface area contributed by atoms with Crippen LogP contribution in [-0.2, 0) is 21.4 Å². The number of likely N-dealkylation sites (N-methyl/N-ethyl adjacent to an activating group) is 1. The Hall–Kier alpha value is -2.29. The smallest absolute Gasteiger partial charge is 0.238 e. The van der Waals surface area contributed by atoms with Crippen LogP contribution in [0.15, 0.2) is 53.4 Å². The van der Waals surface area contributed by atoms with Gasteiger partial charge in [0, 0.05) is 6.54 Å². The molecule has 3 N–H and O–H groups in total. The van der Waals surface area contributed by atoms with Gasteiger partial charge in [-0.2, -0.15) is 0 Å². The highest BCUT2D eigenvalue weighted by molar-refractivity contribution is 7.89. The molecular weight excluding hydrogens is 357 g/mol. The number of carbonyl (C=O) groups excluding carboxylic acids is 1. The predicted octanol–water partition coefficient (Wildman–Crippen LogP) is 1.78. The average Bonchev–Trinajstić information content (AvgIpc) is 2.53. The minimum Gasteiger partial charge on any atom is -0.348 e. The highest BCUT2D eigenvalue weighted by Crippen LogP contribution is 2.15. The predicted molar refractivity (Wildman–Crippen MR) is 97.1 cm³/mol. The number of nitrogens with zero attached hydrogens (tertiary/aromatic N) is 1. The van der Waals surface area contributed by atoms with Crippen LogP contribution in [0.4, 0.5) is 4.39 Å². The lowest BCUT2D eigenvalue weighted by molar-refractivity contribution is -0.122. The molecule has 1 amide bonds. The Morgan fingerprint density at radius 3 is 2.46 bits per heavy atom. The van der Waals surface area contributed by atoms with Crippen molar-refractivity contribution in [3.05, 3.63) is 65.5 Å². The van der Waals surface area contributed by atoms with Crippen LogP contribution < -0.4 is 10.5 Å². The summed E-state index contributed by atoms with van der Waals surface area (Å²) >= 11 is 0. The maximum Gasteiger partial charge on any atom is 0.238 e. The van der Waals surface area contributed by atoms with Gasteiger partial charge in [0.15, 0.2) is 0 Å². The van der Waals surface area contributed by atoms with E-state index in [1.807, 2.05) is 0 Å². The van der Waals surface area contributed by atoms with Gasteiger partial charge in [-0.3, -0.25) is 9.69 Å². The van der Waals surface area contributed by atoms with Gasteiger partial charge in [-0.25, -0.2) is 17.9 Å². The van der Waals surface area contributed by atoms with Crippen molar-refractivity contribution in [2.75, 3.05) is 13.6 Å². The van der Waals surface area contributed by atoms with E-state index in [4.69, 9.17) is 5.14 Å². The van der Waals surface area contributed by atoms with Gasteiger partial charge in [0.25, 0.3) is 0 Å². The van der Waals surface area contributed by atoms with Crippen molar-refractivity contribution in [2.45, 2.75) is 24.4 Å². The van der Waals surface area contributed by atoms with Crippen LogP contribution in [0.2, 0.25) is 0 Å². The third-order valence-corrected chi connectivity index (χ3v) is 4.77. The molecule has 26 heavy (non-hydrogen) atoms. The number of carbonyl (C=O) groups is 1. The molecule has 0 aliphatic rings. The minimum atomic E-state index is -3.74. The first kappa shape index (κ1) is 20.0. The van der Waals surface area contributed by atoms with Crippen LogP contribution >= 0.6 is 0 Å². The number of benzene rings is 2. The van der Waals surface area contributed by atoms with Gasteiger partial charge in [0.1, 0.15) is 5.82 Å². The average molecular weight is 379 g/mol. The quantitative estimate of drug-likeness (QED) is 0.767. The van der Waals surface area contributed by atoms with E-state index in [9.17, 15) is 17.6 Å². The summed E-state index contributed by atoms with van der Waals surface area (Å²) < 4.78 is 35.7. The van der Waals surface area contributed by atoms with Crippen molar-refractivity contribution in [1.82, 2.24) is 10.2 Å². The first-order chi connectivity index (χ1) is 12.1. The van der Waals surface area contributed by atoms with Gasteiger partial charge in [-0.15, -0.1) is 0 Å². The van der Waals surface area contributed by atoms with Crippen LogP contribution in [0.1, 0.15) is 24.1 Å². The zero-order valence-corrected chi connectivity index (χ0v) is 15.5. The second-order valence-electron chi connectivity index (χ2n) is 6.21. The first-order valence-electron chi connectivity index (χ1n) is 8.00. The van der Waals surface area contributed by atoms with Crippen molar-refractivity contribution >= 4 is 15.9 Å². The lowest BCUT2D eigenvalue weighted by Crippen LogP contribution is -2.36. The Morgan fingerprint density at radius 1 is 1.23 bits per heavy atom. The molecule has 0 saturated heterocycles. The Labute approximate surface area is 152 Å². The van der Waals surface area contributed by atoms with E-state index in [0.717, 1.165) is 11.1 Å². The molecule has 2 aromatic rings. The number of nitrogens with one attached hydrogen (secondary N) is 1. The van der Waals surface area contributed by atoms with E-state index in [-0.39, 0.29) is 29.2 Å². The number of amides is 1. The third kappa shape index (κ3) is 5.91. The van der Waals surface area contributed by atoms with Crippen LogP contribution in [-0.4, -0.2) is 32.8 Å². The maximum atomic E-state index is 13.2. The van der Waals surface area contributed by atoms with Crippen molar-refractivity contribution in [1.29, 1.82) is 0 Å². The minimum absolute atomic E-state index is 0.0228. The maximum absolute atomic E-state index is 13.2. The van der Waals surface area contributed by atoms with E-state index in [0.29, 0.717) is 6.54 Å². The van der Waals surface area contributed by atoms with Crippen LogP contribution in [0.5, 0.6) is 0 Å². The molecular formula is C18H22FN3O3S. The molecule has 6 nitrogen and oxygen atoms in total. The molecule has 140 valence electrons. The Bertz CT molecular complexity index is 870. The standard InChI is InChI=1S/C18H22FN3O3S/c1-13(15-6-8-17(9-7-15)26(20,24)25)21-18(23)12-22(2)11-14-4-3-5-16(19)10-14/h3-10,13H,11-12H2,1-2H3,(H,21,23)(H2,20,24,25)/t13-/m1/s1. The molecule has 0 spiro atoms. The number of primary sulfonamides is 1. The second-order valence-corrected chi connectivity index (χ2v) is 7.77. The van der Waals surface area contributed by atoms with Crippen molar-refractivity contribution in [3.63, 3.8) is 0 Å².